The summed E-state index contributed by atoms with van der Waals surface area (Å²) in [5.74, 6) is 0.0691. The van der Waals surface area contributed by atoms with E-state index < -0.39 is 5.97 Å². The molecule has 0 fully saturated rings. The SMILES string of the molecule is CCc1ccc(C2C(C#N)=C(N)Oc3cc(OC(=O)c4ccc(C)cc4)ccc32)cc1. The summed E-state index contributed by atoms with van der Waals surface area (Å²) in [5.41, 5.74) is 10.9. The van der Waals surface area contributed by atoms with Gasteiger partial charge < -0.3 is 15.2 Å². The highest BCUT2D eigenvalue weighted by atomic mass is 16.5. The molecule has 1 heterocycles. The maximum atomic E-state index is 12.5. The molecular formula is C26H22N2O3. The van der Waals surface area contributed by atoms with Crippen LogP contribution in [0.5, 0.6) is 11.5 Å². The summed E-state index contributed by atoms with van der Waals surface area (Å²) >= 11 is 0. The normalized spacial score (nSPS) is 14.9. The molecule has 1 unspecified atom stereocenters. The highest BCUT2D eigenvalue weighted by Gasteiger charge is 2.31. The van der Waals surface area contributed by atoms with Crippen molar-refractivity contribution in [2.24, 2.45) is 5.73 Å². The van der Waals surface area contributed by atoms with Gasteiger partial charge in [0.15, 0.2) is 0 Å². The zero-order valence-corrected chi connectivity index (χ0v) is 17.4. The van der Waals surface area contributed by atoms with E-state index in [4.69, 9.17) is 15.2 Å². The molecule has 4 rings (SSSR count). The molecule has 5 heteroatoms. The summed E-state index contributed by atoms with van der Waals surface area (Å²) in [7, 11) is 0. The minimum Gasteiger partial charge on any atom is -0.440 e. The number of fused-ring (bicyclic) bond motifs is 1. The number of allylic oxidation sites excluding steroid dienone is 1. The quantitative estimate of drug-likeness (QED) is 0.483. The number of nitrogens with zero attached hydrogens (tertiary/aromatic N) is 1. The summed E-state index contributed by atoms with van der Waals surface area (Å²) in [6, 6.07) is 22.6. The monoisotopic (exact) mass is 410 g/mol. The lowest BCUT2D eigenvalue weighted by Crippen LogP contribution is -2.21. The van der Waals surface area contributed by atoms with Crippen molar-refractivity contribution in [1.29, 1.82) is 5.26 Å². The zero-order chi connectivity index (χ0) is 22.0. The fourth-order valence-electron chi connectivity index (χ4n) is 3.64. The molecule has 0 amide bonds. The van der Waals surface area contributed by atoms with Crippen LogP contribution in [0.4, 0.5) is 0 Å². The highest BCUT2D eigenvalue weighted by molar-refractivity contribution is 5.91. The van der Waals surface area contributed by atoms with Crippen LogP contribution in [0.15, 0.2) is 78.2 Å². The Labute approximate surface area is 181 Å². The van der Waals surface area contributed by atoms with Gasteiger partial charge in [-0.25, -0.2) is 4.79 Å². The molecule has 31 heavy (non-hydrogen) atoms. The van der Waals surface area contributed by atoms with Crippen LogP contribution >= 0.6 is 0 Å². The first-order chi connectivity index (χ1) is 15.0. The second-order valence-corrected chi connectivity index (χ2v) is 7.48. The number of rotatable bonds is 4. The Morgan fingerprint density at radius 3 is 2.45 bits per heavy atom. The van der Waals surface area contributed by atoms with Gasteiger partial charge in [0.2, 0.25) is 5.88 Å². The van der Waals surface area contributed by atoms with Gasteiger partial charge in [-0.3, -0.25) is 0 Å². The molecule has 0 saturated heterocycles. The van der Waals surface area contributed by atoms with Gasteiger partial charge >= 0.3 is 5.97 Å². The lowest BCUT2D eigenvalue weighted by molar-refractivity contribution is 0.0734. The second-order valence-electron chi connectivity index (χ2n) is 7.48. The summed E-state index contributed by atoms with van der Waals surface area (Å²) in [6.07, 6.45) is 0.934. The van der Waals surface area contributed by atoms with Crippen LogP contribution < -0.4 is 15.2 Å². The minimum atomic E-state index is -0.455. The van der Waals surface area contributed by atoms with Crippen LogP contribution in [0.3, 0.4) is 0 Å². The molecule has 2 N–H and O–H groups in total. The lowest BCUT2D eigenvalue weighted by atomic mass is 9.83. The topological polar surface area (TPSA) is 85.3 Å². The summed E-state index contributed by atoms with van der Waals surface area (Å²) < 4.78 is 11.2. The third kappa shape index (κ3) is 4.01. The second kappa shape index (κ2) is 8.37. The number of hydrogen-bond acceptors (Lipinski definition) is 5. The predicted octanol–water partition coefficient (Wildman–Crippen LogP) is 4.99. The van der Waals surface area contributed by atoms with Crippen molar-refractivity contribution in [3.63, 3.8) is 0 Å². The van der Waals surface area contributed by atoms with E-state index in [9.17, 15) is 10.1 Å². The number of hydrogen-bond donors (Lipinski definition) is 1. The van der Waals surface area contributed by atoms with Gasteiger partial charge in [-0.15, -0.1) is 0 Å². The number of carbonyl (C=O) groups is 1. The molecule has 0 bridgehead atoms. The van der Waals surface area contributed by atoms with Crippen LogP contribution in [-0.2, 0) is 6.42 Å². The highest BCUT2D eigenvalue weighted by Crippen LogP contribution is 2.43. The van der Waals surface area contributed by atoms with E-state index >= 15 is 0 Å². The van der Waals surface area contributed by atoms with Crippen molar-refractivity contribution in [3.05, 3.63) is 106 Å². The molecule has 1 aliphatic rings. The molecule has 1 aliphatic heterocycles. The molecule has 0 saturated carbocycles. The average Bonchev–Trinajstić information content (AvgIpc) is 2.78. The van der Waals surface area contributed by atoms with Gasteiger partial charge in [-0.05, 0) is 42.7 Å². The minimum absolute atomic E-state index is 0.0570. The summed E-state index contributed by atoms with van der Waals surface area (Å²) in [4.78, 5) is 12.5. The van der Waals surface area contributed by atoms with E-state index in [2.05, 4.69) is 13.0 Å². The third-order valence-electron chi connectivity index (χ3n) is 5.41. The number of ether oxygens (including phenoxy) is 2. The number of esters is 1. The molecule has 0 spiro atoms. The number of aryl methyl sites for hydroxylation is 2. The maximum Gasteiger partial charge on any atom is 0.343 e. The molecule has 154 valence electrons. The lowest BCUT2D eigenvalue weighted by Gasteiger charge is -2.26. The number of nitriles is 1. The van der Waals surface area contributed by atoms with Crippen molar-refractivity contribution in [3.8, 4) is 17.6 Å². The Hall–Kier alpha value is -4.04. The van der Waals surface area contributed by atoms with E-state index in [1.807, 2.05) is 49.4 Å². The van der Waals surface area contributed by atoms with Gasteiger partial charge in [0, 0.05) is 11.6 Å². The molecule has 1 atom stereocenters. The number of nitrogens with two attached hydrogens (primary N) is 1. The third-order valence-corrected chi connectivity index (χ3v) is 5.41. The van der Waals surface area contributed by atoms with Gasteiger partial charge in [0.25, 0.3) is 0 Å². The van der Waals surface area contributed by atoms with Gasteiger partial charge in [0.05, 0.1) is 11.5 Å². The first-order valence-corrected chi connectivity index (χ1v) is 10.1. The predicted molar refractivity (Wildman–Crippen MR) is 118 cm³/mol. The van der Waals surface area contributed by atoms with Gasteiger partial charge in [-0.2, -0.15) is 5.26 Å². The van der Waals surface area contributed by atoms with Crippen LogP contribution in [0, 0.1) is 18.3 Å². The Morgan fingerprint density at radius 2 is 1.81 bits per heavy atom. The van der Waals surface area contributed by atoms with Gasteiger partial charge in [-0.1, -0.05) is 55.0 Å². The summed E-state index contributed by atoms with van der Waals surface area (Å²) in [6.45, 7) is 4.05. The molecule has 0 aromatic heterocycles. The first kappa shape index (κ1) is 20.2. The number of benzene rings is 3. The van der Waals surface area contributed by atoms with E-state index in [-0.39, 0.29) is 11.8 Å². The standard InChI is InChI=1S/C26H22N2O3/c1-3-17-6-10-18(11-7-17)24-21-13-12-20(14-23(21)31-25(28)22(24)15-27)30-26(29)19-8-4-16(2)5-9-19/h4-14,24H,3,28H2,1-2H3. The Morgan fingerprint density at radius 1 is 1.10 bits per heavy atom. The van der Waals surface area contributed by atoms with E-state index in [1.54, 1.807) is 24.3 Å². The zero-order valence-electron chi connectivity index (χ0n) is 17.4. The van der Waals surface area contributed by atoms with E-state index in [1.165, 1.54) is 5.56 Å². The molecule has 0 aliphatic carbocycles. The number of carbonyl (C=O) groups excluding carboxylic acids is 1. The largest absolute Gasteiger partial charge is 0.440 e. The van der Waals surface area contributed by atoms with Crippen LogP contribution in [-0.4, -0.2) is 5.97 Å². The maximum absolute atomic E-state index is 12.5. The van der Waals surface area contributed by atoms with Crippen molar-refractivity contribution < 1.29 is 14.3 Å². The fraction of sp³-hybridized carbons (Fsp3) is 0.154. The Bertz CT molecular complexity index is 1200. The molecular weight excluding hydrogens is 388 g/mol. The van der Waals surface area contributed by atoms with Crippen LogP contribution in [0.25, 0.3) is 0 Å². The van der Waals surface area contributed by atoms with Crippen molar-refractivity contribution in [2.45, 2.75) is 26.2 Å². The van der Waals surface area contributed by atoms with Crippen LogP contribution in [0.1, 0.15) is 45.5 Å². The van der Waals surface area contributed by atoms with Crippen molar-refractivity contribution in [1.82, 2.24) is 0 Å². The van der Waals surface area contributed by atoms with Gasteiger partial charge in [0.1, 0.15) is 23.1 Å². The molecule has 5 nitrogen and oxygen atoms in total. The van der Waals surface area contributed by atoms with E-state index in [0.717, 1.165) is 23.1 Å². The summed E-state index contributed by atoms with van der Waals surface area (Å²) in [5, 5.41) is 9.70. The first-order valence-electron chi connectivity index (χ1n) is 10.1. The molecule has 0 radical (unpaired) electrons. The Kier molecular flexibility index (Phi) is 5.46. The Balaban J connectivity index is 1.67. The van der Waals surface area contributed by atoms with E-state index in [0.29, 0.717) is 22.6 Å². The van der Waals surface area contributed by atoms with Crippen molar-refractivity contribution in [2.75, 3.05) is 0 Å². The van der Waals surface area contributed by atoms with Crippen molar-refractivity contribution >= 4 is 5.97 Å². The van der Waals surface area contributed by atoms with Crippen LogP contribution in [0.2, 0.25) is 0 Å². The fourth-order valence-corrected chi connectivity index (χ4v) is 3.64. The average molecular weight is 410 g/mol. The molecule has 3 aromatic carbocycles. The smallest absolute Gasteiger partial charge is 0.343 e. The molecule has 3 aromatic rings.